The fourth-order valence-electron chi connectivity index (χ4n) is 4.88. The van der Waals surface area contributed by atoms with Gasteiger partial charge in [0.05, 0.1) is 0 Å². The zero-order valence-corrected chi connectivity index (χ0v) is 21.4. The quantitative estimate of drug-likeness (QED) is 0.376. The first kappa shape index (κ1) is 26.1. The summed E-state index contributed by atoms with van der Waals surface area (Å²) in [4.78, 5) is 41.0. The molecule has 1 saturated heterocycles. The SMILES string of the molecule is Cc1cccc(NC(=O)N[C@H](CCCc2ccccc2)C(=O)N2CCC(C(=O)c3ccccc3)CC2)c1. The van der Waals surface area contributed by atoms with Gasteiger partial charge in [-0.15, -0.1) is 0 Å². The summed E-state index contributed by atoms with van der Waals surface area (Å²) in [6.07, 6.45) is 3.41. The number of ketones is 1. The number of carbonyl (C=O) groups excluding carboxylic acids is 3. The van der Waals surface area contributed by atoms with E-state index in [9.17, 15) is 14.4 Å². The van der Waals surface area contributed by atoms with Crippen LogP contribution in [-0.2, 0) is 11.2 Å². The molecule has 0 aromatic heterocycles. The van der Waals surface area contributed by atoms with Crippen LogP contribution < -0.4 is 10.6 Å². The molecule has 192 valence electrons. The smallest absolute Gasteiger partial charge is 0.319 e. The molecule has 1 aliphatic rings. The minimum absolute atomic E-state index is 0.0828. The highest BCUT2D eigenvalue weighted by Gasteiger charge is 2.31. The average Bonchev–Trinajstić information content (AvgIpc) is 2.93. The molecule has 3 amide bonds. The largest absolute Gasteiger partial charge is 0.341 e. The standard InChI is InChI=1S/C31H35N3O3/c1-23-10-8-16-27(22-23)32-31(37)33-28(17-9-13-24-11-4-2-5-12-24)30(36)34-20-18-26(19-21-34)29(35)25-14-6-3-7-15-25/h2-8,10-12,14-16,22,26,28H,9,13,17-21H2,1H3,(H2,32,33,37)/t28-/m1/s1. The fourth-order valence-corrected chi connectivity index (χ4v) is 4.88. The zero-order valence-electron chi connectivity index (χ0n) is 21.4. The van der Waals surface area contributed by atoms with Crippen LogP contribution in [0, 0.1) is 12.8 Å². The molecule has 1 aliphatic heterocycles. The van der Waals surface area contributed by atoms with Crippen LogP contribution in [0.5, 0.6) is 0 Å². The minimum Gasteiger partial charge on any atom is -0.341 e. The van der Waals surface area contributed by atoms with Gasteiger partial charge >= 0.3 is 6.03 Å². The van der Waals surface area contributed by atoms with Gasteiger partial charge in [-0.1, -0.05) is 72.8 Å². The Kier molecular flexibility index (Phi) is 9.08. The Morgan fingerprint density at radius 1 is 0.892 bits per heavy atom. The highest BCUT2D eigenvalue weighted by atomic mass is 16.2. The minimum atomic E-state index is -0.630. The number of hydrogen-bond acceptors (Lipinski definition) is 3. The van der Waals surface area contributed by atoms with E-state index < -0.39 is 12.1 Å². The third kappa shape index (κ3) is 7.53. The van der Waals surface area contributed by atoms with Crippen molar-refractivity contribution in [3.05, 3.63) is 102 Å². The second-order valence-electron chi connectivity index (χ2n) is 9.73. The monoisotopic (exact) mass is 497 g/mol. The molecule has 3 aromatic carbocycles. The van der Waals surface area contributed by atoms with Gasteiger partial charge in [-0.25, -0.2) is 4.79 Å². The zero-order chi connectivity index (χ0) is 26.0. The van der Waals surface area contributed by atoms with Gasteiger partial charge in [-0.05, 0) is 62.3 Å². The molecule has 6 heteroatoms. The van der Waals surface area contributed by atoms with Crippen molar-refractivity contribution in [1.29, 1.82) is 0 Å². The van der Waals surface area contributed by atoms with Gasteiger partial charge < -0.3 is 15.5 Å². The maximum atomic E-state index is 13.5. The first-order chi connectivity index (χ1) is 18.0. The number of piperidine rings is 1. The highest BCUT2D eigenvalue weighted by Crippen LogP contribution is 2.23. The van der Waals surface area contributed by atoms with E-state index in [1.165, 1.54) is 5.56 Å². The van der Waals surface area contributed by atoms with E-state index >= 15 is 0 Å². The van der Waals surface area contributed by atoms with Crippen molar-refractivity contribution in [2.45, 2.75) is 45.1 Å². The molecule has 1 heterocycles. The van der Waals surface area contributed by atoms with Crippen LogP contribution in [-0.4, -0.2) is 41.8 Å². The third-order valence-corrected chi connectivity index (χ3v) is 6.92. The molecule has 0 aliphatic carbocycles. The molecule has 37 heavy (non-hydrogen) atoms. The van der Waals surface area contributed by atoms with E-state index in [0.717, 1.165) is 24.0 Å². The predicted octanol–water partition coefficient (Wildman–Crippen LogP) is 5.63. The lowest BCUT2D eigenvalue weighted by Crippen LogP contribution is -2.52. The summed E-state index contributed by atoms with van der Waals surface area (Å²) in [5.41, 5.74) is 3.66. The Bertz CT molecular complexity index is 1190. The normalized spacial score (nSPS) is 14.6. The molecule has 1 fully saturated rings. The first-order valence-corrected chi connectivity index (χ1v) is 13.1. The number of likely N-dealkylation sites (tertiary alicyclic amines) is 1. The third-order valence-electron chi connectivity index (χ3n) is 6.92. The Balaban J connectivity index is 1.37. The molecule has 0 saturated carbocycles. The van der Waals surface area contributed by atoms with Crippen LogP contribution in [0.2, 0.25) is 0 Å². The predicted molar refractivity (Wildman–Crippen MR) is 147 cm³/mol. The molecule has 0 bridgehead atoms. The van der Waals surface area contributed by atoms with Crippen molar-refractivity contribution < 1.29 is 14.4 Å². The van der Waals surface area contributed by atoms with Crippen molar-refractivity contribution in [2.75, 3.05) is 18.4 Å². The lowest BCUT2D eigenvalue weighted by atomic mass is 9.88. The second-order valence-corrected chi connectivity index (χ2v) is 9.73. The second kappa shape index (κ2) is 12.9. The van der Waals surface area contributed by atoms with Crippen LogP contribution in [0.1, 0.15) is 47.2 Å². The molecule has 0 radical (unpaired) electrons. The highest BCUT2D eigenvalue weighted by molar-refractivity contribution is 5.98. The van der Waals surface area contributed by atoms with Crippen molar-refractivity contribution in [3.8, 4) is 0 Å². The Morgan fingerprint density at radius 2 is 1.57 bits per heavy atom. The van der Waals surface area contributed by atoms with E-state index in [0.29, 0.717) is 38.0 Å². The van der Waals surface area contributed by atoms with Crippen LogP contribution in [0.15, 0.2) is 84.9 Å². The van der Waals surface area contributed by atoms with Crippen molar-refractivity contribution in [2.24, 2.45) is 5.92 Å². The molecule has 3 aromatic rings. The van der Waals surface area contributed by atoms with Gasteiger partial charge in [0.1, 0.15) is 6.04 Å². The lowest BCUT2D eigenvalue weighted by Gasteiger charge is -2.34. The van der Waals surface area contributed by atoms with Crippen LogP contribution in [0.3, 0.4) is 0 Å². The lowest BCUT2D eigenvalue weighted by molar-refractivity contribution is -0.134. The maximum absolute atomic E-state index is 13.5. The molecule has 2 N–H and O–H groups in total. The number of Topliss-reactive ketones (excluding diaryl/α,β-unsaturated/α-hetero) is 1. The summed E-state index contributed by atoms with van der Waals surface area (Å²) in [5.74, 6) is -0.0265. The molecule has 4 rings (SSSR count). The van der Waals surface area contributed by atoms with Gasteiger partial charge in [0.2, 0.25) is 5.91 Å². The number of amides is 3. The first-order valence-electron chi connectivity index (χ1n) is 13.1. The van der Waals surface area contributed by atoms with Crippen molar-refractivity contribution in [1.82, 2.24) is 10.2 Å². The topological polar surface area (TPSA) is 78.5 Å². The van der Waals surface area contributed by atoms with Gasteiger partial charge in [-0.3, -0.25) is 9.59 Å². The van der Waals surface area contributed by atoms with Crippen molar-refractivity contribution >= 4 is 23.4 Å². The molecule has 6 nitrogen and oxygen atoms in total. The number of urea groups is 1. The summed E-state index contributed by atoms with van der Waals surface area (Å²) in [6.45, 7) is 2.99. The number of aryl methyl sites for hydroxylation is 2. The number of hydrogen-bond donors (Lipinski definition) is 2. The van der Waals surface area contributed by atoms with E-state index in [2.05, 4.69) is 22.8 Å². The van der Waals surface area contributed by atoms with E-state index in [1.807, 2.05) is 79.7 Å². The summed E-state index contributed by atoms with van der Waals surface area (Å²) >= 11 is 0. The number of rotatable bonds is 9. The van der Waals surface area contributed by atoms with E-state index in [4.69, 9.17) is 0 Å². The van der Waals surface area contributed by atoms with E-state index in [1.54, 1.807) is 4.90 Å². The van der Waals surface area contributed by atoms with Crippen molar-refractivity contribution in [3.63, 3.8) is 0 Å². The number of anilines is 1. The average molecular weight is 498 g/mol. The maximum Gasteiger partial charge on any atom is 0.319 e. The molecule has 0 unspecified atom stereocenters. The van der Waals surface area contributed by atoms with Crippen LogP contribution in [0.4, 0.5) is 10.5 Å². The molecule has 1 atom stereocenters. The number of nitrogens with zero attached hydrogens (tertiary/aromatic N) is 1. The summed E-state index contributed by atoms with van der Waals surface area (Å²) in [7, 11) is 0. The van der Waals surface area contributed by atoms with Crippen LogP contribution in [0.25, 0.3) is 0 Å². The van der Waals surface area contributed by atoms with E-state index in [-0.39, 0.29) is 17.6 Å². The molecular weight excluding hydrogens is 462 g/mol. The van der Waals surface area contributed by atoms with Crippen LogP contribution >= 0.6 is 0 Å². The summed E-state index contributed by atoms with van der Waals surface area (Å²) < 4.78 is 0. The Labute approximate surface area is 219 Å². The van der Waals surface area contributed by atoms with Gasteiger partial charge in [0, 0.05) is 30.3 Å². The number of benzene rings is 3. The fraction of sp³-hybridized carbons (Fsp3) is 0.323. The van der Waals surface area contributed by atoms with Gasteiger partial charge in [-0.2, -0.15) is 0 Å². The molecule has 0 spiro atoms. The summed E-state index contributed by atoms with van der Waals surface area (Å²) in [6, 6.07) is 26.0. The number of nitrogens with one attached hydrogen (secondary N) is 2. The summed E-state index contributed by atoms with van der Waals surface area (Å²) in [5, 5.41) is 5.77. The van der Waals surface area contributed by atoms with Gasteiger partial charge in [0.25, 0.3) is 0 Å². The Morgan fingerprint density at radius 3 is 2.24 bits per heavy atom. The number of carbonyl (C=O) groups is 3. The molecular formula is C31H35N3O3. The van der Waals surface area contributed by atoms with Gasteiger partial charge in [0.15, 0.2) is 5.78 Å². The Hall–Kier alpha value is -3.93.